The van der Waals surface area contributed by atoms with Gasteiger partial charge in [0.15, 0.2) is 0 Å². The van der Waals surface area contributed by atoms with Crippen molar-refractivity contribution in [2.24, 2.45) is 5.92 Å². The van der Waals surface area contributed by atoms with Crippen LogP contribution in [0.2, 0.25) is 0 Å². The van der Waals surface area contributed by atoms with Crippen molar-refractivity contribution >= 4 is 11.8 Å². The van der Waals surface area contributed by atoms with Gasteiger partial charge in [0, 0.05) is 39.8 Å². The van der Waals surface area contributed by atoms with Gasteiger partial charge in [0.05, 0.1) is 5.92 Å². The Balaban J connectivity index is 1.77. The number of rotatable bonds is 4. The lowest BCUT2D eigenvalue weighted by Crippen LogP contribution is -2.51. The maximum atomic E-state index is 12.8. The van der Waals surface area contributed by atoms with Crippen molar-refractivity contribution in [1.29, 1.82) is 0 Å². The van der Waals surface area contributed by atoms with Crippen LogP contribution in [0.25, 0.3) is 0 Å². The monoisotopic (exact) mass is 343 g/mol. The molecule has 0 saturated carbocycles. The van der Waals surface area contributed by atoms with Crippen LogP contribution in [-0.2, 0) is 16.1 Å². The molecule has 3 aliphatic rings. The number of nitrogens with zero attached hydrogens (tertiary/aromatic N) is 3. The molecule has 1 aromatic carbocycles. The Labute approximate surface area is 150 Å². The number of piperidine rings is 1. The smallest absolute Gasteiger partial charge is 0.241 e. The third-order valence-electron chi connectivity index (χ3n) is 5.70. The average Bonchev–Trinajstić information content (AvgIpc) is 2.83. The summed E-state index contributed by atoms with van der Waals surface area (Å²) in [5, 5.41) is 0. The molecule has 136 valence electrons. The van der Waals surface area contributed by atoms with Gasteiger partial charge in [0.2, 0.25) is 11.8 Å². The lowest BCUT2D eigenvalue weighted by molar-refractivity contribution is -0.145. The molecule has 0 aliphatic carbocycles. The van der Waals surface area contributed by atoms with Crippen LogP contribution in [0, 0.1) is 19.8 Å². The van der Waals surface area contributed by atoms with E-state index >= 15 is 0 Å². The highest BCUT2D eigenvalue weighted by atomic mass is 16.2. The summed E-state index contributed by atoms with van der Waals surface area (Å²) in [4.78, 5) is 30.8. The fourth-order valence-electron chi connectivity index (χ4n) is 4.08. The predicted molar refractivity (Wildman–Crippen MR) is 98.1 cm³/mol. The highest BCUT2D eigenvalue weighted by Crippen LogP contribution is 2.30. The fourth-order valence-corrected chi connectivity index (χ4v) is 4.08. The van der Waals surface area contributed by atoms with Crippen LogP contribution in [0.3, 0.4) is 0 Å². The van der Waals surface area contributed by atoms with E-state index in [1.54, 1.807) is 19.0 Å². The van der Waals surface area contributed by atoms with E-state index in [9.17, 15) is 9.59 Å². The summed E-state index contributed by atoms with van der Waals surface area (Å²) >= 11 is 0. The van der Waals surface area contributed by atoms with Gasteiger partial charge >= 0.3 is 0 Å². The molecule has 3 saturated heterocycles. The van der Waals surface area contributed by atoms with Gasteiger partial charge in [-0.2, -0.15) is 0 Å². The van der Waals surface area contributed by atoms with Crippen molar-refractivity contribution in [3.8, 4) is 0 Å². The first-order valence-corrected chi connectivity index (χ1v) is 9.15. The van der Waals surface area contributed by atoms with Gasteiger partial charge in [-0.3, -0.25) is 14.5 Å². The van der Waals surface area contributed by atoms with Crippen molar-refractivity contribution in [2.75, 3.05) is 33.7 Å². The lowest BCUT2D eigenvalue weighted by Gasteiger charge is -2.36. The van der Waals surface area contributed by atoms with Crippen molar-refractivity contribution in [1.82, 2.24) is 14.7 Å². The normalized spacial score (nSPS) is 23.7. The number of aryl methyl sites for hydroxylation is 2. The zero-order chi connectivity index (χ0) is 18.1. The molecular formula is C20H29N3O2. The number of likely N-dealkylation sites (N-methyl/N-ethyl adjacent to an activating group) is 1. The van der Waals surface area contributed by atoms with Crippen molar-refractivity contribution < 1.29 is 9.59 Å². The van der Waals surface area contributed by atoms with E-state index in [0.717, 1.165) is 32.5 Å². The van der Waals surface area contributed by atoms with E-state index in [1.807, 2.05) is 4.90 Å². The van der Waals surface area contributed by atoms with Gasteiger partial charge in [-0.15, -0.1) is 0 Å². The average molecular weight is 343 g/mol. The van der Waals surface area contributed by atoms with E-state index in [1.165, 1.54) is 16.7 Å². The molecule has 0 unspecified atom stereocenters. The molecule has 0 aromatic heterocycles. The Kier molecular flexibility index (Phi) is 5.13. The van der Waals surface area contributed by atoms with Crippen LogP contribution in [0.5, 0.6) is 0 Å². The third kappa shape index (κ3) is 3.71. The summed E-state index contributed by atoms with van der Waals surface area (Å²) in [5.41, 5.74) is 3.98. The molecule has 2 bridgehead atoms. The number of carbonyl (C=O) groups excluding carboxylic acids is 2. The lowest BCUT2D eigenvalue weighted by atomic mass is 9.94. The minimum atomic E-state index is 0.00204. The maximum absolute atomic E-state index is 12.8. The van der Waals surface area contributed by atoms with E-state index < -0.39 is 0 Å². The second-order valence-electron chi connectivity index (χ2n) is 7.75. The Hall–Kier alpha value is -1.88. The van der Waals surface area contributed by atoms with E-state index in [-0.39, 0.29) is 30.3 Å². The van der Waals surface area contributed by atoms with Crippen LogP contribution in [0.4, 0.5) is 0 Å². The Morgan fingerprint density at radius 2 is 1.84 bits per heavy atom. The minimum Gasteiger partial charge on any atom is -0.347 e. The summed E-state index contributed by atoms with van der Waals surface area (Å²) in [7, 11) is 3.49. The van der Waals surface area contributed by atoms with Crippen LogP contribution in [0.1, 0.15) is 29.5 Å². The van der Waals surface area contributed by atoms with Crippen LogP contribution in [0.15, 0.2) is 18.2 Å². The van der Waals surface area contributed by atoms with Gasteiger partial charge in [-0.1, -0.05) is 18.2 Å². The molecule has 3 fully saturated rings. The van der Waals surface area contributed by atoms with Crippen LogP contribution in [-0.4, -0.2) is 66.3 Å². The van der Waals surface area contributed by atoms with Gasteiger partial charge in [0.1, 0.15) is 6.54 Å². The molecule has 0 radical (unpaired) electrons. The summed E-state index contributed by atoms with van der Waals surface area (Å²) in [6.45, 7) is 7.06. The number of hydrogen-bond acceptors (Lipinski definition) is 3. The largest absolute Gasteiger partial charge is 0.347 e. The summed E-state index contributed by atoms with van der Waals surface area (Å²) in [6.07, 6.45) is 1.94. The standard InChI is InChI=1S/C20H29N3O2/c1-14-6-5-7-15(2)18(14)12-22-10-16-8-9-17(11-22)23(20(16)25)13-19(24)21(3)4/h5-7,16-17H,8-13H2,1-4H3/t16-,17+/m1/s1. The fraction of sp³-hybridized carbons (Fsp3) is 0.600. The highest BCUT2D eigenvalue weighted by Gasteiger charge is 2.41. The quantitative estimate of drug-likeness (QED) is 0.838. The molecule has 3 aliphatic heterocycles. The third-order valence-corrected chi connectivity index (χ3v) is 5.70. The van der Waals surface area contributed by atoms with E-state index in [2.05, 4.69) is 36.9 Å². The predicted octanol–water partition coefficient (Wildman–Crippen LogP) is 1.81. The number of hydrogen-bond donors (Lipinski definition) is 0. The van der Waals surface area contributed by atoms with Crippen molar-refractivity contribution in [2.45, 2.75) is 39.3 Å². The van der Waals surface area contributed by atoms with Crippen molar-refractivity contribution in [3.63, 3.8) is 0 Å². The first kappa shape index (κ1) is 17.9. The molecule has 25 heavy (non-hydrogen) atoms. The SMILES string of the molecule is Cc1cccc(C)c1CN1C[C@H]2CC[C@@H](C1)N(CC(=O)N(C)C)C2=O. The summed E-state index contributed by atoms with van der Waals surface area (Å²) in [6, 6.07) is 6.56. The molecule has 0 N–H and O–H groups in total. The summed E-state index contributed by atoms with van der Waals surface area (Å²) < 4.78 is 0. The van der Waals surface area contributed by atoms with Gasteiger partial charge in [0.25, 0.3) is 0 Å². The second kappa shape index (κ2) is 7.16. The number of amides is 2. The molecule has 5 heteroatoms. The molecule has 2 atom stereocenters. The van der Waals surface area contributed by atoms with Crippen molar-refractivity contribution in [3.05, 3.63) is 34.9 Å². The van der Waals surface area contributed by atoms with Crippen LogP contribution >= 0.6 is 0 Å². The molecule has 4 rings (SSSR count). The van der Waals surface area contributed by atoms with E-state index in [0.29, 0.717) is 0 Å². The van der Waals surface area contributed by atoms with Gasteiger partial charge < -0.3 is 9.80 Å². The topological polar surface area (TPSA) is 43.9 Å². The molecular weight excluding hydrogens is 314 g/mol. The number of fused-ring (bicyclic) bond motifs is 4. The zero-order valence-electron chi connectivity index (χ0n) is 15.8. The summed E-state index contributed by atoms with van der Waals surface area (Å²) in [5.74, 6) is 0.190. The van der Waals surface area contributed by atoms with Gasteiger partial charge in [-0.25, -0.2) is 0 Å². The van der Waals surface area contributed by atoms with E-state index in [4.69, 9.17) is 0 Å². The minimum absolute atomic E-state index is 0.00204. The molecule has 3 heterocycles. The van der Waals surface area contributed by atoms with Gasteiger partial charge in [-0.05, 0) is 43.4 Å². The first-order chi connectivity index (χ1) is 11.9. The number of carbonyl (C=O) groups is 2. The molecule has 2 amide bonds. The first-order valence-electron chi connectivity index (χ1n) is 9.15. The highest BCUT2D eigenvalue weighted by molar-refractivity contribution is 5.86. The molecule has 5 nitrogen and oxygen atoms in total. The zero-order valence-corrected chi connectivity index (χ0v) is 15.8. The van der Waals surface area contributed by atoms with Crippen LogP contribution < -0.4 is 0 Å². The maximum Gasteiger partial charge on any atom is 0.241 e. The Morgan fingerprint density at radius 3 is 2.48 bits per heavy atom. The second-order valence-corrected chi connectivity index (χ2v) is 7.75. The Bertz CT molecular complexity index is 651. The molecule has 1 aromatic rings. The number of benzene rings is 1. The molecule has 0 spiro atoms. The Morgan fingerprint density at radius 1 is 1.16 bits per heavy atom.